The zero-order valence-electron chi connectivity index (χ0n) is 19.6. The summed E-state index contributed by atoms with van der Waals surface area (Å²) in [4.78, 5) is 0. The molecule has 170 valence electrons. The molecule has 6 aromatic carbocycles. The van der Waals surface area contributed by atoms with Gasteiger partial charge in [-0.25, -0.2) is 0 Å². The summed E-state index contributed by atoms with van der Waals surface area (Å²) < 4.78 is 6.44. The number of furan rings is 1. The summed E-state index contributed by atoms with van der Waals surface area (Å²) >= 11 is 0. The molecule has 0 saturated heterocycles. The van der Waals surface area contributed by atoms with Crippen LogP contribution in [0.5, 0.6) is 0 Å². The summed E-state index contributed by atoms with van der Waals surface area (Å²) in [5.41, 5.74) is 8.49. The van der Waals surface area contributed by atoms with Crippen LogP contribution in [-0.2, 0) is 0 Å². The molecule has 1 N–H and O–H groups in total. The predicted molar refractivity (Wildman–Crippen MR) is 152 cm³/mol. The second-order valence-electron chi connectivity index (χ2n) is 9.06. The Labute approximate surface area is 209 Å². The zero-order valence-corrected chi connectivity index (χ0v) is 19.6. The standard InChI is InChI=1S/C34H23NO/c1-2-11-24(12-3-1)28-15-8-16-29-33-31(18-9-19-32(33)36-34(28)29)35-30-17-7-6-14-27(30)26-21-20-23-10-4-5-13-25(23)22-26/h1-22,35H. The van der Waals surface area contributed by atoms with Crippen molar-refractivity contribution in [3.8, 4) is 22.3 Å². The SMILES string of the molecule is c1ccc(-c2cccc3c2oc2cccc(Nc4ccccc4-c4ccc5ccccc5c4)c23)cc1. The highest BCUT2D eigenvalue weighted by molar-refractivity contribution is 6.15. The minimum absolute atomic E-state index is 0.876. The van der Waals surface area contributed by atoms with Gasteiger partial charge in [0.2, 0.25) is 0 Å². The monoisotopic (exact) mass is 461 g/mol. The number of fused-ring (bicyclic) bond motifs is 4. The maximum atomic E-state index is 6.44. The van der Waals surface area contributed by atoms with Gasteiger partial charge in [0.05, 0.1) is 11.1 Å². The van der Waals surface area contributed by atoms with Gasteiger partial charge in [-0.2, -0.15) is 0 Å². The fourth-order valence-corrected chi connectivity index (χ4v) is 5.14. The van der Waals surface area contributed by atoms with E-state index < -0.39 is 0 Å². The maximum absolute atomic E-state index is 6.44. The minimum atomic E-state index is 0.876. The van der Waals surface area contributed by atoms with Gasteiger partial charge >= 0.3 is 0 Å². The van der Waals surface area contributed by atoms with E-state index in [0.717, 1.165) is 50.0 Å². The Morgan fingerprint density at radius 1 is 0.472 bits per heavy atom. The van der Waals surface area contributed by atoms with Crippen molar-refractivity contribution in [1.82, 2.24) is 0 Å². The summed E-state index contributed by atoms with van der Waals surface area (Å²) in [5.74, 6) is 0. The van der Waals surface area contributed by atoms with Crippen LogP contribution in [0.15, 0.2) is 138 Å². The lowest BCUT2D eigenvalue weighted by molar-refractivity contribution is 0.670. The van der Waals surface area contributed by atoms with Crippen molar-refractivity contribution in [3.63, 3.8) is 0 Å². The highest BCUT2D eigenvalue weighted by Gasteiger charge is 2.16. The number of rotatable bonds is 4. The van der Waals surface area contributed by atoms with Crippen LogP contribution >= 0.6 is 0 Å². The molecule has 7 rings (SSSR count). The Kier molecular flexibility index (Phi) is 4.82. The quantitative estimate of drug-likeness (QED) is 0.282. The van der Waals surface area contributed by atoms with Crippen molar-refractivity contribution in [2.75, 3.05) is 5.32 Å². The van der Waals surface area contributed by atoms with Crippen LogP contribution < -0.4 is 5.32 Å². The summed E-state index contributed by atoms with van der Waals surface area (Å²) in [5, 5.41) is 8.43. The van der Waals surface area contributed by atoms with Gasteiger partial charge in [0, 0.05) is 22.2 Å². The van der Waals surface area contributed by atoms with E-state index in [2.05, 4.69) is 121 Å². The molecule has 0 fully saturated rings. The smallest absolute Gasteiger partial charge is 0.143 e. The van der Waals surface area contributed by atoms with Crippen LogP contribution in [0.25, 0.3) is 55.0 Å². The maximum Gasteiger partial charge on any atom is 0.143 e. The van der Waals surface area contributed by atoms with Crippen LogP contribution in [-0.4, -0.2) is 0 Å². The molecule has 2 heteroatoms. The third-order valence-corrected chi connectivity index (χ3v) is 6.86. The van der Waals surface area contributed by atoms with Gasteiger partial charge in [0.1, 0.15) is 11.2 Å². The van der Waals surface area contributed by atoms with Crippen molar-refractivity contribution in [1.29, 1.82) is 0 Å². The Hall–Kier alpha value is -4.82. The summed E-state index contributed by atoms with van der Waals surface area (Å²) in [7, 11) is 0. The van der Waals surface area contributed by atoms with Crippen molar-refractivity contribution >= 4 is 44.1 Å². The van der Waals surface area contributed by atoms with E-state index in [1.165, 1.54) is 16.3 Å². The fourth-order valence-electron chi connectivity index (χ4n) is 5.14. The number of hydrogen-bond donors (Lipinski definition) is 1. The van der Waals surface area contributed by atoms with Crippen molar-refractivity contribution in [2.24, 2.45) is 0 Å². The van der Waals surface area contributed by atoms with Crippen LogP contribution in [0.3, 0.4) is 0 Å². The lowest BCUT2D eigenvalue weighted by atomic mass is 9.99. The second kappa shape index (κ2) is 8.44. The predicted octanol–water partition coefficient (Wildman–Crippen LogP) is 9.82. The van der Waals surface area contributed by atoms with E-state index >= 15 is 0 Å². The molecule has 0 saturated carbocycles. The number of anilines is 2. The van der Waals surface area contributed by atoms with Gasteiger partial charge in [-0.3, -0.25) is 0 Å². The summed E-state index contributed by atoms with van der Waals surface area (Å²) in [6.07, 6.45) is 0. The van der Waals surface area contributed by atoms with E-state index in [4.69, 9.17) is 4.42 Å². The first kappa shape index (κ1) is 20.5. The molecule has 7 aromatic rings. The van der Waals surface area contributed by atoms with Gasteiger partial charge in [0.25, 0.3) is 0 Å². The van der Waals surface area contributed by atoms with E-state index in [-0.39, 0.29) is 0 Å². The molecule has 0 bridgehead atoms. The molecule has 2 nitrogen and oxygen atoms in total. The summed E-state index contributed by atoms with van der Waals surface area (Å²) in [6, 6.07) is 46.6. The highest BCUT2D eigenvalue weighted by Crippen LogP contribution is 2.41. The zero-order chi connectivity index (χ0) is 23.9. The Morgan fingerprint density at radius 2 is 1.19 bits per heavy atom. The van der Waals surface area contributed by atoms with Gasteiger partial charge in [-0.1, -0.05) is 109 Å². The molecule has 0 aliphatic carbocycles. The molecular weight excluding hydrogens is 438 g/mol. The molecule has 0 atom stereocenters. The van der Waals surface area contributed by atoms with Gasteiger partial charge in [0.15, 0.2) is 0 Å². The first-order valence-electron chi connectivity index (χ1n) is 12.2. The van der Waals surface area contributed by atoms with E-state index in [0.29, 0.717) is 0 Å². The van der Waals surface area contributed by atoms with Crippen LogP contribution in [0.1, 0.15) is 0 Å². The van der Waals surface area contributed by atoms with E-state index in [1.54, 1.807) is 0 Å². The molecule has 0 unspecified atom stereocenters. The average molecular weight is 462 g/mol. The Morgan fingerprint density at radius 3 is 2.11 bits per heavy atom. The lowest BCUT2D eigenvalue weighted by Crippen LogP contribution is -1.94. The van der Waals surface area contributed by atoms with Crippen LogP contribution in [0.2, 0.25) is 0 Å². The van der Waals surface area contributed by atoms with Gasteiger partial charge < -0.3 is 9.73 Å². The molecular formula is C34H23NO. The first-order chi connectivity index (χ1) is 17.8. The van der Waals surface area contributed by atoms with Crippen molar-refractivity contribution < 1.29 is 4.42 Å². The Bertz CT molecular complexity index is 1860. The molecule has 0 aliphatic heterocycles. The topological polar surface area (TPSA) is 25.2 Å². The number of nitrogens with one attached hydrogen (secondary N) is 1. The summed E-state index contributed by atoms with van der Waals surface area (Å²) in [6.45, 7) is 0. The van der Waals surface area contributed by atoms with Crippen LogP contribution in [0.4, 0.5) is 11.4 Å². The first-order valence-corrected chi connectivity index (χ1v) is 12.2. The number of hydrogen-bond acceptors (Lipinski definition) is 2. The normalized spacial score (nSPS) is 11.3. The average Bonchev–Trinajstić information content (AvgIpc) is 3.33. The van der Waals surface area contributed by atoms with E-state index in [9.17, 15) is 0 Å². The molecule has 0 aliphatic rings. The molecule has 0 radical (unpaired) electrons. The van der Waals surface area contributed by atoms with Crippen molar-refractivity contribution in [2.45, 2.75) is 0 Å². The van der Waals surface area contributed by atoms with Gasteiger partial charge in [-0.15, -0.1) is 0 Å². The molecule has 1 heterocycles. The third kappa shape index (κ3) is 3.43. The second-order valence-corrected chi connectivity index (χ2v) is 9.06. The number of benzene rings is 6. The van der Waals surface area contributed by atoms with Gasteiger partial charge in [-0.05, 0) is 46.2 Å². The molecule has 0 amide bonds. The van der Waals surface area contributed by atoms with Crippen molar-refractivity contribution in [3.05, 3.63) is 133 Å². The van der Waals surface area contributed by atoms with Crippen LogP contribution in [0, 0.1) is 0 Å². The van der Waals surface area contributed by atoms with E-state index in [1.807, 2.05) is 18.2 Å². The third-order valence-electron chi connectivity index (χ3n) is 6.86. The number of para-hydroxylation sites is 2. The molecule has 1 aromatic heterocycles. The minimum Gasteiger partial charge on any atom is -0.455 e. The molecule has 36 heavy (non-hydrogen) atoms. The molecule has 0 spiro atoms. The lowest BCUT2D eigenvalue weighted by Gasteiger charge is -2.14. The fraction of sp³-hybridized carbons (Fsp3) is 0. The largest absolute Gasteiger partial charge is 0.455 e. The Balaban J connectivity index is 1.37. The highest BCUT2D eigenvalue weighted by atomic mass is 16.3.